The number of sulfonamides is 1. The normalized spacial score (nSPS) is 22.2. The fourth-order valence-electron chi connectivity index (χ4n) is 5.41. The first kappa shape index (κ1) is 29.3. The molecule has 3 aliphatic heterocycles. The van der Waals surface area contributed by atoms with Crippen LogP contribution in [0.4, 0.5) is 4.39 Å². The third-order valence-electron chi connectivity index (χ3n) is 7.55. The lowest BCUT2D eigenvalue weighted by atomic mass is 9.98. The number of benzene rings is 2. The number of fused-ring (bicyclic) bond motifs is 1. The molecule has 3 heterocycles. The molecule has 0 spiro atoms. The maximum absolute atomic E-state index is 14.4. The third kappa shape index (κ3) is 5.53. The molecule has 13 heteroatoms. The van der Waals surface area contributed by atoms with Crippen LogP contribution in [0.3, 0.4) is 0 Å². The summed E-state index contributed by atoms with van der Waals surface area (Å²) >= 11 is 6.08. The summed E-state index contributed by atoms with van der Waals surface area (Å²) in [6.45, 7) is 4.97. The van der Waals surface area contributed by atoms with Crippen LogP contribution in [0.1, 0.15) is 19.4 Å². The molecule has 0 aliphatic carbocycles. The third-order valence-corrected chi connectivity index (χ3v) is 9.59. The Labute approximate surface area is 243 Å². The second-order valence-corrected chi connectivity index (χ2v) is 12.6. The minimum absolute atomic E-state index is 0.0260. The first-order valence-corrected chi connectivity index (χ1v) is 15.1. The lowest BCUT2D eigenvalue weighted by Crippen LogP contribution is -2.68. The SMILES string of the molecule is COc1ccc(F)cc1S(=O)(=O)N1CC(N2CCOCC2)C(=O)N2C1=CN(C(C)C)C(=O)C2Cc1ccc(Cl)cc1. The molecule has 2 unspecified atom stereocenters. The number of amides is 2. The summed E-state index contributed by atoms with van der Waals surface area (Å²) in [5.41, 5.74) is 0.750. The average molecular weight is 607 g/mol. The van der Waals surface area contributed by atoms with Gasteiger partial charge in [-0.15, -0.1) is 0 Å². The van der Waals surface area contributed by atoms with Gasteiger partial charge in [0.1, 0.15) is 34.4 Å². The van der Waals surface area contributed by atoms with E-state index in [-0.39, 0.29) is 47.3 Å². The van der Waals surface area contributed by atoms with Crippen molar-refractivity contribution < 1.29 is 31.9 Å². The Morgan fingerprint density at radius 1 is 1.07 bits per heavy atom. The van der Waals surface area contributed by atoms with E-state index in [1.807, 2.05) is 4.90 Å². The highest BCUT2D eigenvalue weighted by atomic mass is 35.5. The maximum Gasteiger partial charge on any atom is 0.269 e. The van der Waals surface area contributed by atoms with Crippen LogP contribution in [0.15, 0.2) is 59.4 Å². The number of hydrogen-bond donors (Lipinski definition) is 0. The molecule has 10 nitrogen and oxygen atoms in total. The summed E-state index contributed by atoms with van der Waals surface area (Å²) < 4.78 is 54.9. The molecule has 0 N–H and O–H groups in total. The molecule has 2 saturated heterocycles. The first-order valence-electron chi connectivity index (χ1n) is 13.3. The van der Waals surface area contributed by atoms with E-state index in [4.69, 9.17) is 21.1 Å². The number of hydrogen-bond acceptors (Lipinski definition) is 7. The van der Waals surface area contributed by atoms with E-state index in [1.54, 1.807) is 38.1 Å². The second-order valence-electron chi connectivity index (χ2n) is 10.4. The average Bonchev–Trinajstić information content (AvgIpc) is 2.95. The van der Waals surface area contributed by atoms with Gasteiger partial charge in [-0.3, -0.25) is 19.4 Å². The van der Waals surface area contributed by atoms with Crippen molar-refractivity contribution >= 4 is 33.4 Å². The largest absolute Gasteiger partial charge is 0.495 e. The van der Waals surface area contributed by atoms with Crippen LogP contribution in [0.5, 0.6) is 5.75 Å². The van der Waals surface area contributed by atoms with Gasteiger partial charge in [-0.05, 0) is 49.7 Å². The zero-order valence-corrected chi connectivity index (χ0v) is 24.6. The van der Waals surface area contributed by atoms with Crippen molar-refractivity contribution in [2.24, 2.45) is 0 Å². The molecule has 0 aromatic heterocycles. The molecule has 2 amide bonds. The molecule has 220 valence electrons. The molecule has 0 radical (unpaired) electrons. The zero-order valence-electron chi connectivity index (χ0n) is 23.0. The molecule has 0 bridgehead atoms. The van der Waals surface area contributed by atoms with Crippen LogP contribution >= 0.6 is 11.6 Å². The number of nitrogens with zero attached hydrogens (tertiary/aromatic N) is 4. The predicted molar refractivity (Wildman–Crippen MR) is 149 cm³/mol. The monoisotopic (exact) mass is 606 g/mol. The van der Waals surface area contributed by atoms with Crippen molar-refractivity contribution in [3.8, 4) is 5.75 Å². The molecule has 2 atom stereocenters. The van der Waals surface area contributed by atoms with Gasteiger partial charge in [0.25, 0.3) is 10.0 Å². The summed E-state index contributed by atoms with van der Waals surface area (Å²) in [6, 6.07) is 7.95. The van der Waals surface area contributed by atoms with E-state index in [2.05, 4.69) is 0 Å². The van der Waals surface area contributed by atoms with Gasteiger partial charge < -0.3 is 14.4 Å². The molecule has 0 saturated carbocycles. The molecule has 3 aliphatic rings. The van der Waals surface area contributed by atoms with Crippen molar-refractivity contribution in [1.82, 2.24) is 19.0 Å². The van der Waals surface area contributed by atoms with Crippen LogP contribution in [0.25, 0.3) is 0 Å². The number of carbonyl (C=O) groups excluding carboxylic acids is 2. The standard InChI is InChI=1S/C28H32ClFN4O6S/c1-18(2)32-17-26-33(41(37,38)25-15-21(30)8-9-24(25)39-3)16-23(31-10-12-40-13-11-31)28(36)34(26)22(27(32)35)14-19-4-6-20(29)7-5-19/h4-9,15,17-18,22-23H,10-14,16H2,1-3H3. The van der Waals surface area contributed by atoms with Gasteiger partial charge in [0.05, 0.1) is 26.9 Å². The molecule has 41 heavy (non-hydrogen) atoms. The number of ether oxygens (including phenoxy) is 2. The highest BCUT2D eigenvalue weighted by Gasteiger charge is 2.51. The minimum atomic E-state index is -4.47. The van der Waals surface area contributed by atoms with Crippen LogP contribution < -0.4 is 4.74 Å². The van der Waals surface area contributed by atoms with Crippen molar-refractivity contribution in [2.75, 3.05) is 40.0 Å². The van der Waals surface area contributed by atoms with Crippen molar-refractivity contribution in [3.63, 3.8) is 0 Å². The van der Waals surface area contributed by atoms with Gasteiger partial charge in [0.2, 0.25) is 11.8 Å². The summed E-state index contributed by atoms with van der Waals surface area (Å²) in [7, 11) is -3.17. The van der Waals surface area contributed by atoms with Gasteiger partial charge in [0, 0.05) is 36.8 Å². The smallest absolute Gasteiger partial charge is 0.269 e. The number of rotatable bonds is 7. The van der Waals surface area contributed by atoms with Crippen molar-refractivity contribution in [3.05, 3.63) is 70.9 Å². The number of carbonyl (C=O) groups is 2. The highest BCUT2D eigenvalue weighted by Crippen LogP contribution is 2.37. The van der Waals surface area contributed by atoms with E-state index >= 15 is 0 Å². The quantitative estimate of drug-likeness (QED) is 0.478. The van der Waals surface area contributed by atoms with Crippen LogP contribution in [-0.2, 0) is 30.8 Å². The molecular weight excluding hydrogens is 575 g/mol. The second kappa shape index (κ2) is 11.6. The van der Waals surface area contributed by atoms with Gasteiger partial charge in [0.15, 0.2) is 0 Å². The highest BCUT2D eigenvalue weighted by molar-refractivity contribution is 7.89. The van der Waals surface area contributed by atoms with E-state index in [1.165, 1.54) is 29.2 Å². The molecule has 2 aromatic rings. The van der Waals surface area contributed by atoms with Gasteiger partial charge in [-0.25, -0.2) is 17.1 Å². The fraction of sp³-hybridized carbons (Fsp3) is 0.429. The maximum atomic E-state index is 14.4. The zero-order chi connectivity index (χ0) is 29.5. The van der Waals surface area contributed by atoms with Crippen molar-refractivity contribution in [1.29, 1.82) is 0 Å². The number of morpholine rings is 1. The lowest BCUT2D eigenvalue weighted by Gasteiger charge is -2.51. The van der Waals surface area contributed by atoms with Crippen LogP contribution in [0.2, 0.25) is 5.02 Å². The number of halogens is 2. The summed E-state index contributed by atoms with van der Waals surface area (Å²) in [5, 5.41) is 0.524. The minimum Gasteiger partial charge on any atom is -0.495 e. The van der Waals surface area contributed by atoms with E-state index in [0.29, 0.717) is 31.3 Å². The molecule has 5 rings (SSSR count). The Morgan fingerprint density at radius 2 is 1.76 bits per heavy atom. The Hall–Kier alpha value is -3.19. The molecule has 2 fully saturated rings. The Bertz CT molecular complexity index is 1460. The summed E-state index contributed by atoms with van der Waals surface area (Å²) in [5.74, 6) is -1.49. The molecular formula is C28H32ClFN4O6S. The summed E-state index contributed by atoms with van der Waals surface area (Å²) in [6.07, 6.45) is 1.54. The predicted octanol–water partition coefficient (Wildman–Crippen LogP) is 2.68. The van der Waals surface area contributed by atoms with Gasteiger partial charge in [-0.1, -0.05) is 23.7 Å². The van der Waals surface area contributed by atoms with Gasteiger partial charge in [-0.2, -0.15) is 0 Å². The Morgan fingerprint density at radius 3 is 2.39 bits per heavy atom. The number of methoxy groups -OCH3 is 1. The van der Waals surface area contributed by atoms with Gasteiger partial charge >= 0.3 is 0 Å². The topological polar surface area (TPSA) is 99.7 Å². The van der Waals surface area contributed by atoms with Crippen molar-refractivity contribution in [2.45, 2.75) is 43.3 Å². The van der Waals surface area contributed by atoms with E-state index in [9.17, 15) is 22.4 Å². The van der Waals surface area contributed by atoms with Crippen LogP contribution in [0, 0.1) is 5.82 Å². The lowest BCUT2D eigenvalue weighted by molar-refractivity contribution is -0.154. The summed E-state index contributed by atoms with van der Waals surface area (Å²) in [4.78, 5) is 32.3. The van der Waals surface area contributed by atoms with E-state index < -0.39 is 27.9 Å². The Balaban J connectivity index is 1.67. The fourth-order valence-corrected chi connectivity index (χ4v) is 7.16. The Kier molecular flexibility index (Phi) is 8.29. The van der Waals surface area contributed by atoms with E-state index in [0.717, 1.165) is 22.0 Å². The molecule has 2 aromatic carbocycles. The van der Waals surface area contributed by atoms with Crippen LogP contribution in [-0.4, -0.2) is 97.3 Å². The first-order chi connectivity index (χ1) is 19.5.